The smallest absolute Gasteiger partial charge is 0.143 e. The molecule has 3 nitrogen and oxygen atoms in total. The average molecular weight is 779 g/mol. The van der Waals surface area contributed by atoms with Crippen LogP contribution in [0.5, 0.6) is 0 Å². The largest absolute Gasteiger partial charge is 0.455 e. The maximum Gasteiger partial charge on any atom is 0.143 e. The van der Waals surface area contributed by atoms with Crippen molar-refractivity contribution in [1.29, 1.82) is 0 Å². The van der Waals surface area contributed by atoms with E-state index in [0.29, 0.717) is 0 Å². The van der Waals surface area contributed by atoms with Crippen LogP contribution in [-0.2, 0) is 0 Å². The monoisotopic (exact) mass is 778 g/mol. The number of rotatable bonds is 7. The van der Waals surface area contributed by atoms with Gasteiger partial charge in [-0.15, -0.1) is 0 Å². The van der Waals surface area contributed by atoms with Crippen LogP contribution in [0.4, 0.5) is 17.1 Å². The summed E-state index contributed by atoms with van der Waals surface area (Å²) in [5.74, 6) is 0. The summed E-state index contributed by atoms with van der Waals surface area (Å²) in [4.78, 5) is 2.37. The first-order valence-electron chi connectivity index (χ1n) is 20.8. The van der Waals surface area contributed by atoms with E-state index in [2.05, 4.69) is 228 Å². The molecule has 0 aliphatic rings. The minimum atomic E-state index is 0.907. The van der Waals surface area contributed by atoms with Gasteiger partial charge in [-0.25, -0.2) is 0 Å². The first-order chi connectivity index (χ1) is 30.2. The van der Waals surface area contributed by atoms with Gasteiger partial charge < -0.3 is 13.9 Å². The van der Waals surface area contributed by atoms with E-state index in [4.69, 9.17) is 4.42 Å². The molecule has 12 aromatic rings. The summed E-state index contributed by atoms with van der Waals surface area (Å²) >= 11 is 0. The molecule has 286 valence electrons. The van der Waals surface area contributed by atoms with Crippen molar-refractivity contribution >= 4 is 71.6 Å². The Labute approximate surface area is 353 Å². The molecule has 0 unspecified atom stereocenters. The number of hydrogen-bond donors (Lipinski definition) is 0. The number of anilines is 3. The molecule has 0 radical (unpaired) electrons. The van der Waals surface area contributed by atoms with Crippen LogP contribution in [0.25, 0.3) is 93.6 Å². The van der Waals surface area contributed by atoms with Gasteiger partial charge in [0, 0.05) is 49.6 Å². The summed E-state index contributed by atoms with van der Waals surface area (Å²) in [6.45, 7) is 0. The lowest BCUT2D eigenvalue weighted by Crippen LogP contribution is -2.10. The van der Waals surface area contributed by atoms with Crippen LogP contribution in [0.15, 0.2) is 235 Å². The molecule has 12 rings (SSSR count). The van der Waals surface area contributed by atoms with E-state index in [1.807, 2.05) is 12.1 Å². The van der Waals surface area contributed by atoms with Crippen LogP contribution < -0.4 is 4.90 Å². The van der Waals surface area contributed by atoms with E-state index in [9.17, 15) is 0 Å². The third-order valence-corrected chi connectivity index (χ3v) is 12.2. The number of fused-ring (bicyclic) bond motifs is 7. The molecule has 0 N–H and O–H groups in total. The quantitative estimate of drug-likeness (QED) is 0.161. The van der Waals surface area contributed by atoms with Gasteiger partial charge in [0.05, 0.1) is 16.7 Å². The van der Waals surface area contributed by atoms with E-state index in [1.165, 1.54) is 60.5 Å². The highest BCUT2D eigenvalue weighted by Crippen LogP contribution is 2.42. The third kappa shape index (κ3) is 5.90. The number of aromatic nitrogens is 1. The molecule has 0 amide bonds. The van der Waals surface area contributed by atoms with Crippen LogP contribution in [0.1, 0.15) is 0 Å². The molecule has 0 bridgehead atoms. The fourth-order valence-electron chi connectivity index (χ4n) is 9.26. The van der Waals surface area contributed by atoms with Crippen molar-refractivity contribution in [3.05, 3.63) is 231 Å². The zero-order valence-electron chi connectivity index (χ0n) is 33.2. The number of furan rings is 1. The Morgan fingerprint density at radius 3 is 1.66 bits per heavy atom. The zero-order chi connectivity index (χ0) is 40.3. The average Bonchev–Trinajstić information content (AvgIpc) is 3.88. The highest BCUT2D eigenvalue weighted by Gasteiger charge is 2.18. The number of nitrogens with zero attached hydrogens (tertiary/aromatic N) is 2. The van der Waals surface area contributed by atoms with Gasteiger partial charge in [-0.3, -0.25) is 0 Å². The molecule has 3 heteroatoms. The summed E-state index contributed by atoms with van der Waals surface area (Å²) in [6.07, 6.45) is 0. The normalized spacial score (nSPS) is 11.6. The molecule has 0 fully saturated rings. The van der Waals surface area contributed by atoms with E-state index in [0.717, 1.165) is 50.1 Å². The lowest BCUT2D eigenvalue weighted by Gasteiger charge is -2.27. The Morgan fingerprint density at radius 2 is 0.885 bits per heavy atom. The first-order valence-corrected chi connectivity index (χ1v) is 20.8. The van der Waals surface area contributed by atoms with Gasteiger partial charge in [0.2, 0.25) is 0 Å². The Hall–Kier alpha value is -8.14. The summed E-state index contributed by atoms with van der Waals surface area (Å²) in [7, 11) is 0. The van der Waals surface area contributed by atoms with Crippen molar-refractivity contribution in [1.82, 2.24) is 4.57 Å². The fraction of sp³-hybridized carbons (Fsp3) is 0. The van der Waals surface area contributed by atoms with Crippen LogP contribution in [0.2, 0.25) is 0 Å². The zero-order valence-corrected chi connectivity index (χ0v) is 33.2. The molecular formula is C58H38N2O. The van der Waals surface area contributed by atoms with Gasteiger partial charge in [-0.2, -0.15) is 0 Å². The predicted octanol–water partition coefficient (Wildman–Crippen LogP) is 16.3. The first kappa shape index (κ1) is 34.9. The maximum absolute atomic E-state index is 6.41. The lowest BCUT2D eigenvalue weighted by molar-refractivity contribution is 0.670. The number of hydrogen-bond acceptors (Lipinski definition) is 2. The topological polar surface area (TPSA) is 21.3 Å². The molecule has 0 saturated heterocycles. The van der Waals surface area contributed by atoms with Crippen molar-refractivity contribution in [2.45, 2.75) is 0 Å². The van der Waals surface area contributed by atoms with E-state index < -0.39 is 0 Å². The Bertz CT molecular complexity index is 3560. The van der Waals surface area contributed by atoms with Gasteiger partial charge in [-0.1, -0.05) is 164 Å². The second-order valence-corrected chi connectivity index (χ2v) is 15.7. The van der Waals surface area contributed by atoms with Crippen LogP contribution in [0, 0.1) is 0 Å². The van der Waals surface area contributed by atoms with Crippen molar-refractivity contribution < 1.29 is 4.42 Å². The van der Waals surface area contributed by atoms with Gasteiger partial charge in [-0.05, 0) is 99.9 Å². The molecule has 0 aliphatic carbocycles. The SMILES string of the molecule is c1ccc(-n2c3ccccc3c3cc(-c4ccc(-c5ccc(N(c6ccc(-c7cccc8c7oc7ccccc78)cc6)c6cccc7ccccc67)cc5)cc4)ccc32)cc1. The van der Waals surface area contributed by atoms with Gasteiger partial charge in [0.1, 0.15) is 11.2 Å². The van der Waals surface area contributed by atoms with Crippen molar-refractivity contribution in [3.8, 4) is 39.1 Å². The Morgan fingerprint density at radius 1 is 0.344 bits per heavy atom. The molecule has 10 aromatic carbocycles. The fourth-order valence-corrected chi connectivity index (χ4v) is 9.26. The number of benzene rings is 10. The van der Waals surface area contributed by atoms with E-state index >= 15 is 0 Å². The second kappa shape index (κ2) is 14.3. The summed E-state index contributed by atoms with van der Waals surface area (Å²) in [5, 5.41) is 7.19. The predicted molar refractivity (Wildman–Crippen MR) is 257 cm³/mol. The molecule has 0 aliphatic heterocycles. The molecule has 0 atom stereocenters. The standard InChI is InChI=1S/C58H38N2O/c1-2-14-45(15-3-1)60-55-21-8-6-17-50(55)53-38-44(32-37-56(53)60)41-26-24-39(25-27-41)40-28-33-46(34-29-40)59(54-22-10-13-42-12-4-5-16-48(42)54)47-35-30-43(31-36-47)49-19-11-20-52-51-18-7-9-23-57(51)61-58(49)52/h1-38H. The molecule has 0 saturated carbocycles. The van der Waals surface area contributed by atoms with Crippen molar-refractivity contribution in [2.75, 3.05) is 4.90 Å². The van der Waals surface area contributed by atoms with Crippen LogP contribution >= 0.6 is 0 Å². The van der Waals surface area contributed by atoms with E-state index in [1.54, 1.807) is 0 Å². The number of para-hydroxylation sites is 4. The summed E-state index contributed by atoms with van der Waals surface area (Å²) in [5.41, 5.74) is 15.7. The summed E-state index contributed by atoms with van der Waals surface area (Å²) < 4.78 is 8.78. The highest BCUT2D eigenvalue weighted by molar-refractivity contribution is 6.11. The second-order valence-electron chi connectivity index (χ2n) is 15.7. The molecule has 2 aromatic heterocycles. The molecular weight excluding hydrogens is 741 g/mol. The van der Waals surface area contributed by atoms with Crippen LogP contribution in [-0.4, -0.2) is 4.57 Å². The van der Waals surface area contributed by atoms with Gasteiger partial charge >= 0.3 is 0 Å². The minimum absolute atomic E-state index is 0.907. The minimum Gasteiger partial charge on any atom is -0.455 e. The Kier molecular flexibility index (Phi) is 8.17. The third-order valence-electron chi connectivity index (χ3n) is 12.2. The lowest BCUT2D eigenvalue weighted by atomic mass is 9.98. The maximum atomic E-state index is 6.41. The van der Waals surface area contributed by atoms with Gasteiger partial charge in [0.25, 0.3) is 0 Å². The van der Waals surface area contributed by atoms with Crippen LogP contribution in [0.3, 0.4) is 0 Å². The molecule has 61 heavy (non-hydrogen) atoms. The van der Waals surface area contributed by atoms with Crippen molar-refractivity contribution in [2.24, 2.45) is 0 Å². The summed E-state index contributed by atoms with van der Waals surface area (Å²) in [6, 6.07) is 82.8. The van der Waals surface area contributed by atoms with E-state index in [-0.39, 0.29) is 0 Å². The molecule has 0 spiro atoms. The highest BCUT2D eigenvalue weighted by atomic mass is 16.3. The Balaban J connectivity index is 0.884. The van der Waals surface area contributed by atoms with Gasteiger partial charge in [0.15, 0.2) is 0 Å². The molecule has 2 heterocycles. The van der Waals surface area contributed by atoms with Crippen molar-refractivity contribution in [3.63, 3.8) is 0 Å².